The first kappa shape index (κ1) is 15.7. The van der Waals surface area contributed by atoms with Gasteiger partial charge in [0.05, 0.1) is 11.4 Å². The second-order valence-electron chi connectivity index (χ2n) is 5.38. The van der Waals surface area contributed by atoms with E-state index in [1.165, 1.54) is 0 Å². The molecule has 0 saturated carbocycles. The topological polar surface area (TPSA) is 65.0 Å². The number of thioether (sulfide) groups is 1. The van der Waals surface area contributed by atoms with E-state index in [-0.39, 0.29) is 0 Å². The number of hydrogen-bond donors (Lipinski definition) is 0. The summed E-state index contributed by atoms with van der Waals surface area (Å²) >= 11 is 1.66. The van der Waals surface area contributed by atoms with Crippen LogP contribution in [0.3, 0.4) is 0 Å². The molecule has 124 valence electrons. The average Bonchev–Trinajstić information content (AvgIpc) is 3.33. The van der Waals surface area contributed by atoms with Gasteiger partial charge in [-0.3, -0.25) is 0 Å². The molecule has 0 N–H and O–H groups in total. The fourth-order valence-corrected chi connectivity index (χ4v) is 3.08. The summed E-state index contributed by atoms with van der Waals surface area (Å²) in [6, 6.07) is 19.6. The molecule has 4 rings (SSSR count). The summed E-state index contributed by atoms with van der Waals surface area (Å²) in [7, 11) is 0. The van der Waals surface area contributed by atoms with E-state index in [0.717, 1.165) is 22.6 Å². The largest absolute Gasteiger partial charge is 0.444 e. The van der Waals surface area contributed by atoms with Crippen LogP contribution >= 0.6 is 11.8 Å². The van der Waals surface area contributed by atoms with E-state index in [4.69, 9.17) is 8.94 Å². The Morgan fingerprint density at radius 3 is 2.28 bits per heavy atom. The summed E-state index contributed by atoms with van der Waals surface area (Å²) in [6.45, 7) is 0. The van der Waals surface area contributed by atoms with Crippen molar-refractivity contribution in [3.05, 3.63) is 78.5 Å². The highest BCUT2D eigenvalue weighted by Crippen LogP contribution is 2.23. The molecular weight excluding hydrogens is 334 g/mol. The fourth-order valence-electron chi connectivity index (χ4n) is 2.35. The van der Waals surface area contributed by atoms with Crippen molar-refractivity contribution < 1.29 is 8.94 Å². The molecule has 4 aromatic rings. The zero-order valence-corrected chi connectivity index (χ0v) is 14.1. The van der Waals surface area contributed by atoms with Crippen molar-refractivity contribution >= 4 is 11.8 Å². The Balaban J connectivity index is 1.34. The van der Waals surface area contributed by atoms with E-state index >= 15 is 0 Å². The summed E-state index contributed by atoms with van der Waals surface area (Å²) in [5.74, 6) is 3.22. The van der Waals surface area contributed by atoms with Crippen LogP contribution in [-0.2, 0) is 11.5 Å². The Hall–Kier alpha value is -2.86. The monoisotopic (exact) mass is 349 g/mol. The average molecular weight is 349 g/mol. The first-order valence-corrected chi connectivity index (χ1v) is 8.99. The zero-order chi connectivity index (χ0) is 16.9. The Bertz CT molecular complexity index is 858. The van der Waals surface area contributed by atoms with Crippen LogP contribution in [0.25, 0.3) is 22.8 Å². The van der Waals surface area contributed by atoms with E-state index in [2.05, 4.69) is 15.1 Å². The van der Waals surface area contributed by atoms with Gasteiger partial charge in [-0.15, -0.1) is 11.8 Å². The van der Waals surface area contributed by atoms with Gasteiger partial charge in [0, 0.05) is 16.9 Å². The third kappa shape index (κ3) is 3.80. The van der Waals surface area contributed by atoms with Gasteiger partial charge in [-0.2, -0.15) is 4.98 Å². The molecule has 2 aromatic heterocycles. The lowest BCUT2D eigenvalue weighted by atomic mass is 10.2. The van der Waals surface area contributed by atoms with Crippen molar-refractivity contribution in [2.75, 3.05) is 0 Å². The van der Waals surface area contributed by atoms with E-state index in [0.29, 0.717) is 23.4 Å². The molecular formula is C19H15N3O2S. The molecule has 0 aliphatic rings. The highest BCUT2D eigenvalue weighted by Gasteiger charge is 2.10. The molecule has 0 bridgehead atoms. The van der Waals surface area contributed by atoms with Crippen LogP contribution in [0.5, 0.6) is 0 Å². The van der Waals surface area contributed by atoms with Gasteiger partial charge >= 0.3 is 0 Å². The molecule has 0 amide bonds. The Morgan fingerprint density at radius 2 is 1.52 bits per heavy atom. The number of rotatable bonds is 6. The predicted molar refractivity (Wildman–Crippen MR) is 96.7 cm³/mol. The number of aromatic nitrogens is 3. The van der Waals surface area contributed by atoms with Gasteiger partial charge in [0.2, 0.25) is 17.6 Å². The maximum Gasteiger partial charge on any atom is 0.236 e. The van der Waals surface area contributed by atoms with Crippen LogP contribution < -0.4 is 0 Å². The summed E-state index contributed by atoms with van der Waals surface area (Å²) in [5, 5.41) is 4.02. The molecule has 6 heteroatoms. The van der Waals surface area contributed by atoms with Gasteiger partial charge in [0.15, 0.2) is 0 Å². The lowest BCUT2D eigenvalue weighted by Crippen LogP contribution is -1.85. The maximum atomic E-state index is 5.54. The molecule has 0 spiro atoms. The first-order chi connectivity index (χ1) is 12.4. The van der Waals surface area contributed by atoms with Crippen LogP contribution in [-0.4, -0.2) is 15.1 Å². The van der Waals surface area contributed by atoms with Gasteiger partial charge in [-0.1, -0.05) is 53.7 Å². The molecule has 0 atom stereocenters. The lowest BCUT2D eigenvalue weighted by Gasteiger charge is -1.94. The number of benzene rings is 2. The van der Waals surface area contributed by atoms with Crippen molar-refractivity contribution in [2.24, 2.45) is 0 Å². The number of oxazole rings is 1. The van der Waals surface area contributed by atoms with E-state index in [9.17, 15) is 0 Å². The van der Waals surface area contributed by atoms with Crippen LogP contribution in [0.15, 0.2) is 75.9 Å². The van der Waals surface area contributed by atoms with Crippen molar-refractivity contribution in [2.45, 2.75) is 11.5 Å². The maximum absolute atomic E-state index is 5.54. The minimum Gasteiger partial charge on any atom is -0.444 e. The highest BCUT2D eigenvalue weighted by atomic mass is 32.2. The number of hydrogen-bond acceptors (Lipinski definition) is 6. The highest BCUT2D eigenvalue weighted by molar-refractivity contribution is 7.97. The minimum absolute atomic E-state index is 0.607. The summed E-state index contributed by atoms with van der Waals surface area (Å²) in [5.41, 5.74) is 2.82. The quantitative estimate of drug-likeness (QED) is 0.497. The van der Waals surface area contributed by atoms with E-state index in [1.54, 1.807) is 18.0 Å². The molecule has 0 unspecified atom stereocenters. The van der Waals surface area contributed by atoms with Crippen LogP contribution in [0.1, 0.15) is 11.6 Å². The van der Waals surface area contributed by atoms with Crippen molar-refractivity contribution in [1.82, 2.24) is 15.1 Å². The van der Waals surface area contributed by atoms with Crippen LogP contribution in [0.4, 0.5) is 0 Å². The molecule has 2 aromatic carbocycles. The van der Waals surface area contributed by atoms with E-state index < -0.39 is 0 Å². The van der Waals surface area contributed by atoms with Gasteiger partial charge in [-0.05, 0) is 12.1 Å². The van der Waals surface area contributed by atoms with Gasteiger partial charge < -0.3 is 8.94 Å². The second kappa shape index (κ2) is 7.36. The van der Waals surface area contributed by atoms with Crippen molar-refractivity contribution in [3.8, 4) is 22.8 Å². The Kier molecular flexibility index (Phi) is 4.61. The third-order valence-corrected chi connectivity index (χ3v) is 4.50. The molecule has 25 heavy (non-hydrogen) atoms. The summed E-state index contributed by atoms with van der Waals surface area (Å²) in [4.78, 5) is 8.93. The van der Waals surface area contributed by atoms with Crippen molar-refractivity contribution in [1.29, 1.82) is 0 Å². The molecule has 0 aliphatic carbocycles. The third-order valence-electron chi connectivity index (χ3n) is 3.55. The van der Waals surface area contributed by atoms with Crippen LogP contribution in [0, 0.1) is 0 Å². The fraction of sp³-hybridized carbons (Fsp3) is 0.105. The first-order valence-electron chi connectivity index (χ1n) is 7.84. The van der Waals surface area contributed by atoms with Gasteiger partial charge in [0.1, 0.15) is 6.26 Å². The number of nitrogens with zero attached hydrogens (tertiary/aromatic N) is 3. The van der Waals surface area contributed by atoms with Crippen LogP contribution in [0.2, 0.25) is 0 Å². The normalized spacial score (nSPS) is 10.9. The smallest absolute Gasteiger partial charge is 0.236 e. The Labute approximate surface area is 149 Å². The second-order valence-corrected chi connectivity index (χ2v) is 6.37. The molecule has 0 aliphatic heterocycles. The zero-order valence-electron chi connectivity index (χ0n) is 13.3. The van der Waals surface area contributed by atoms with Gasteiger partial charge in [0.25, 0.3) is 0 Å². The lowest BCUT2D eigenvalue weighted by molar-refractivity contribution is 0.391. The predicted octanol–water partition coefficient (Wildman–Crippen LogP) is 4.83. The molecule has 2 heterocycles. The Morgan fingerprint density at radius 1 is 0.800 bits per heavy atom. The summed E-state index contributed by atoms with van der Waals surface area (Å²) < 4.78 is 10.8. The van der Waals surface area contributed by atoms with Gasteiger partial charge in [-0.25, -0.2) is 4.98 Å². The minimum atomic E-state index is 0.607. The van der Waals surface area contributed by atoms with E-state index in [1.807, 2.05) is 60.7 Å². The summed E-state index contributed by atoms with van der Waals surface area (Å²) in [6.07, 6.45) is 1.69. The SMILES string of the molecule is c1ccc(-c2noc(CSCc3coc(-c4ccccc4)n3)n2)cc1. The standard InChI is InChI=1S/C19H15N3O2S/c1-3-7-14(8-4-1)18-21-17(24-22-18)13-25-12-16-11-23-19(20-16)15-9-5-2-6-10-15/h1-11H,12-13H2. The molecule has 0 fully saturated rings. The molecule has 0 saturated heterocycles. The molecule has 5 nitrogen and oxygen atoms in total. The van der Waals surface area contributed by atoms with Crippen molar-refractivity contribution in [3.63, 3.8) is 0 Å². The molecule has 0 radical (unpaired) electrons.